The van der Waals surface area contributed by atoms with Crippen molar-refractivity contribution in [1.29, 1.82) is 0 Å². The first-order valence-electron chi connectivity index (χ1n) is 16.0. The summed E-state index contributed by atoms with van der Waals surface area (Å²) in [6, 6.07) is 15.5. The molecule has 0 saturated carbocycles. The minimum atomic E-state index is -4.24. The number of sulfonamides is 1. The number of nitrogens with one attached hydrogen (secondary N) is 1. The topological polar surface area (TPSA) is 127 Å². The standard InChI is InChI=1S/C36H43FN6O5S/c1-23-10-8-11-24(2)33(23)29-19-32-40-35(39-29)41-49(45,46)27-13-9-12-25(18-27)34(44)43(26(22-48-32)20-36(3,4)5)21-30-28(37)14-15-31(38-30)42(6)16-17-47-7/h8-15,18-19,26H,16-17,20-22H2,1-7H3,(H,39,40,41)/t26-/m1/s1. The summed E-state index contributed by atoms with van der Waals surface area (Å²) >= 11 is 0. The zero-order valence-corrected chi connectivity index (χ0v) is 29.8. The first-order chi connectivity index (χ1) is 23.1. The van der Waals surface area contributed by atoms with Gasteiger partial charge in [0, 0.05) is 37.9 Å². The second-order valence-corrected chi connectivity index (χ2v) is 15.2. The van der Waals surface area contributed by atoms with Crippen molar-refractivity contribution < 1.29 is 27.1 Å². The molecule has 1 aliphatic heterocycles. The van der Waals surface area contributed by atoms with Gasteiger partial charge in [0.1, 0.15) is 18.2 Å². The van der Waals surface area contributed by atoms with Gasteiger partial charge in [0.15, 0.2) is 0 Å². The van der Waals surface area contributed by atoms with Crippen molar-refractivity contribution in [2.75, 3.05) is 43.5 Å². The van der Waals surface area contributed by atoms with Crippen molar-refractivity contribution in [1.82, 2.24) is 19.9 Å². The van der Waals surface area contributed by atoms with E-state index in [1.165, 1.54) is 35.2 Å². The Morgan fingerprint density at radius 3 is 2.45 bits per heavy atom. The van der Waals surface area contributed by atoms with Crippen molar-refractivity contribution >= 4 is 27.7 Å². The van der Waals surface area contributed by atoms with Gasteiger partial charge < -0.3 is 19.3 Å². The van der Waals surface area contributed by atoms with E-state index in [0.717, 1.165) is 16.7 Å². The van der Waals surface area contributed by atoms with Crippen LogP contribution in [0.2, 0.25) is 0 Å². The van der Waals surface area contributed by atoms with E-state index in [-0.39, 0.29) is 46.5 Å². The molecule has 1 atom stereocenters. The number of likely N-dealkylation sites (N-methyl/N-ethyl adjacent to an activating group) is 1. The van der Waals surface area contributed by atoms with Crippen LogP contribution in [0.4, 0.5) is 16.2 Å². The number of rotatable bonds is 8. The smallest absolute Gasteiger partial charge is 0.264 e. The van der Waals surface area contributed by atoms with Crippen LogP contribution in [0, 0.1) is 25.1 Å². The lowest BCUT2D eigenvalue weighted by molar-refractivity contribution is 0.0506. The Morgan fingerprint density at radius 1 is 1.04 bits per heavy atom. The van der Waals surface area contributed by atoms with E-state index in [1.54, 1.807) is 19.2 Å². The fourth-order valence-corrected chi connectivity index (χ4v) is 6.84. The van der Waals surface area contributed by atoms with Crippen LogP contribution in [0.25, 0.3) is 11.3 Å². The lowest BCUT2D eigenvalue weighted by Gasteiger charge is -2.35. The number of fused-ring (bicyclic) bond motifs is 4. The Hall–Kier alpha value is -4.62. The van der Waals surface area contributed by atoms with Crippen molar-refractivity contribution in [2.45, 2.75) is 58.5 Å². The zero-order valence-electron chi connectivity index (χ0n) is 28.9. The third kappa shape index (κ3) is 8.52. The molecule has 0 fully saturated rings. The summed E-state index contributed by atoms with van der Waals surface area (Å²) in [4.78, 5) is 31.3. The minimum absolute atomic E-state index is 0.0207. The summed E-state index contributed by atoms with van der Waals surface area (Å²) in [5.41, 5.74) is 3.06. The largest absolute Gasteiger partial charge is 0.475 e. The number of pyridine rings is 1. The van der Waals surface area contributed by atoms with Gasteiger partial charge in [-0.2, -0.15) is 4.98 Å². The molecule has 13 heteroatoms. The summed E-state index contributed by atoms with van der Waals surface area (Å²) in [5, 5.41) is 0. The van der Waals surface area contributed by atoms with Gasteiger partial charge in [0.2, 0.25) is 11.8 Å². The number of ether oxygens (including phenoxy) is 2. The van der Waals surface area contributed by atoms with Gasteiger partial charge in [-0.25, -0.2) is 27.5 Å². The van der Waals surface area contributed by atoms with Crippen LogP contribution < -0.4 is 14.4 Å². The molecule has 0 spiro atoms. The molecule has 5 rings (SSSR count). The number of anilines is 2. The quantitative estimate of drug-likeness (QED) is 0.236. The Kier molecular flexibility index (Phi) is 10.5. The van der Waals surface area contributed by atoms with E-state index in [9.17, 15) is 13.2 Å². The fourth-order valence-electron chi connectivity index (χ4n) is 5.85. The van der Waals surface area contributed by atoms with E-state index in [4.69, 9.17) is 9.47 Å². The summed E-state index contributed by atoms with van der Waals surface area (Å²) in [6.45, 7) is 10.8. The molecule has 0 saturated heterocycles. The fraction of sp³-hybridized carbons (Fsp3) is 0.389. The van der Waals surface area contributed by atoms with Crippen LogP contribution in [0.1, 0.15) is 54.4 Å². The number of aromatic nitrogens is 3. The molecule has 1 N–H and O–H groups in total. The molecule has 11 nitrogen and oxygen atoms in total. The average Bonchev–Trinajstić information content (AvgIpc) is 3.04. The number of carbonyl (C=O) groups is 1. The first-order valence-corrected chi connectivity index (χ1v) is 17.5. The number of amides is 1. The summed E-state index contributed by atoms with van der Waals surface area (Å²) in [7, 11) is -0.814. The van der Waals surface area contributed by atoms with Gasteiger partial charge >= 0.3 is 0 Å². The molecule has 4 bridgehead atoms. The third-order valence-corrected chi connectivity index (χ3v) is 9.60. The third-order valence-electron chi connectivity index (χ3n) is 8.28. The molecular formula is C36H43FN6O5S. The summed E-state index contributed by atoms with van der Waals surface area (Å²) in [6.07, 6.45) is 0.464. The summed E-state index contributed by atoms with van der Waals surface area (Å²) in [5.74, 6) is -0.608. The van der Waals surface area contributed by atoms with Crippen molar-refractivity contribution in [3.05, 3.63) is 88.9 Å². The van der Waals surface area contributed by atoms with Gasteiger partial charge in [-0.3, -0.25) is 4.79 Å². The number of benzene rings is 2. The number of carbonyl (C=O) groups excluding carboxylic acids is 1. The van der Waals surface area contributed by atoms with Crippen LogP contribution in [0.5, 0.6) is 5.88 Å². The maximum Gasteiger partial charge on any atom is 0.264 e. The highest BCUT2D eigenvalue weighted by atomic mass is 32.2. The van der Waals surface area contributed by atoms with Crippen molar-refractivity contribution in [3.63, 3.8) is 0 Å². The summed E-state index contributed by atoms with van der Waals surface area (Å²) < 4.78 is 56.8. The highest BCUT2D eigenvalue weighted by Gasteiger charge is 2.32. The number of nitrogens with zero attached hydrogens (tertiary/aromatic N) is 5. The molecular weight excluding hydrogens is 647 g/mol. The minimum Gasteiger partial charge on any atom is -0.475 e. The zero-order chi connectivity index (χ0) is 35.5. The number of hydrogen-bond acceptors (Lipinski definition) is 9. The monoisotopic (exact) mass is 690 g/mol. The van der Waals surface area contributed by atoms with E-state index in [2.05, 4.69) is 19.7 Å². The molecule has 0 radical (unpaired) electrons. The molecule has 0 unspecified atom stereocenters. The van der Waals surface area contributed by atoms with Crippen LogP contribution >= 0.6 is 0 Å². The van der Waals surface area contributed by atoms with Gasteiger partial charge in [0.05, 0.1) is 35.5 Å². The van der Waals surface area contributed by atoms with Crippen LogP contribution in [0.15, 0.2) is 65.6 Å². The Bertz CT molecular complexity index is 1930. The van der Waals surface area contributed by atoms with Crippen LogP contribution in [-0.4, -0.2) is 74.1 Å². The Balaban J connectivity index is 1.66. The second kappa shape index (κ2) is 14.5. The molecule has 1 aliphatic rings. The maximum absolute atomic E-state index is 15.5. The molecule has 49 heavy (non-hydrogen) atoms. The van der Waals surface area contributed by atoms with Gasteiger partial charge in [-0.1, -0.05) is 45.0 Å². The highest BCUT2D eigenvalue weighted by molar-refractivity contribution is 7.92. The maximum atomic E-state index is 15.5. The number of methoxy groups -OCH3 is 1. The van der Waals surface area contributed by atoms with Gasteiger partial charge in [-0.15, -0.1) is 0 Å². The Labute approximate surface area is 287 Å². The van der Waals surface area contributed by atoms with E-state index in [1.807, 2.05) is 64.8 Å². The lowest BCUT2D eigenvalue weighted by atomic mass is 9.87. The van der Waals surface area contributed by atoms with E-state index < -0.39 is 27.8 Å². The molecule has 260 valence electrons. The van der Waals surface area contributed by atoms with E-state index in [0.29, 0.717) is 31.1 Å². The molecule has 0 aliphatic carbocycles. The molecule has 2 aromatic carbocycles. The normalized spacial score (nSPS) is 16.1. The molecule has 2 aromatic heterocycles. The van der Waals surface area contributed by atoms with Crippen LogP contribution in [-0.2, 0) is 21.3 Å². The number of aryl methyl sites for hydroxylation is 2. The first kappa shape index (κ1) is 35.7. The average molecular weight is 691 g/mol. The van der Waals surface area contributed by atoms with Gasteiger partial charge in [0.25, 0.3) is 15.9 Å². The molecule has 3 heterocycles. The lowest BCUT2D eigenvalue weighted by Crippen LogP contribution is -2.45. The van der Waals surface area contributed by atoms with Crippen LogP contribution in [0.3, 0.4) is 0 Å². The SMILES string of the molecule is COCCN(C)c1ccc(F)c(CN2C(=O)c3cccc(c3)S(=O)(=O)Nc3nc(cc(-c4c(C)cccc4C)n3)OC[C@H]2CC(C)(C)C)n1. The molecule has 1 amide bonds. The Morgan fingerprint density at radius 2 is 1.76 bits per heavy atom. The van der Waals surface area contributed by atoms with Gasteiger partial charge in [-0.05, 0) is 67.1 Å². The second-order valence-electron chi connectivity index (χ2n) is 13.5. The molecule has 4 aromatic rings. The van der Waals surface area contributed by atoms with E-state index >= 15 is 4.39 Å². The van der Waals surface area contributed by atoms with Crippen molar-refractivity contribution in [2.24, 2.45) is 5.41 Å². The predicted molar refractivity (Wildman–Crippen MR) is 187 cm³/mol. The highest BCUT2D eigenvalue weighted by Crippen LogP contribution is 2.32. The van der Waals surface area contributed by atoms with Crippen molar-refractivity contribution in [3.8, 4) is 17.1 Å². The predicted octanol–water partition coefficient (Wildman–Crippen LogP) is 6.02. The number of hydrogen-bond donors (Lipinski definition) is 1. The number of halogens is 1.